The molecule has 0 atom stereocenters. The molecule has 0 amide bonds. The zero-order valence-corrected chi connectivity index (χ0v) is 12.9. The molecule has 0 aliphatic carbocycles. The first kappa shape index (κ1) is 15.1. The summed E-state index contributed by atoms with van der Waals surface area (Å²) >= 11 is 1.62. The van der Waals surface area contributed by atoms with Crippen LogP contribution in [0.5, 0.6) is 5.75 Å². The fourth-order valence-corrected chi connectivity index (χ4v) is 2.83. The number of aryl methyl sites for hydroxylation is 2. The Morgan fingerprint density at radius 2 is 2.00 bits per heavy atom. The molecule has 0 aliphatic rings. The Bertz CT molecular complexity index is 721. The zero-order chi connectivity index (χ0) is 15.2. The van der Waals surface area contributed by atoms with Crippen molar-refractivity contribution in [3.8, 4) is 23.7 Å². The van der Waals surface area contributed by atoms with E-state index in [1.807, 2.05) is 37.4 Å². The lowest BCUT2D eigenvalue weighted by molar-refractivity contribution is 0.305. The third kappa shape index (κ3) is 3.64. The summed E-state index contributed by atoms with van der Waals surface area (Å²) in [4.78, 5) is 1.08. The standard InChI is InChI=1S/C17H16N2OS/c1-12-8-14(10-19)9-13(2)17(12)20-11-16-15(4-3-6-18)5-7-21-16/h5,7-9H,6,11,18H2,1-2H3. The fourth-order valence-electron chi connectivity index (χ4n) is 2.09. The van der Waals surface area contributed by atoms with E-state index in [2.05, 4.69) is 17.9 Å². The molecule has 21 heavy (non-hydrogen) atoms. The van der Waals surface area contributed by atoms with E-state index in [4.69, 9.17) is 15.7 Å². The van der Waals surface area contributed by atoms with Gasteiger partial charge in [-0.2, -0.15) is 5.26 Å². The molecule has 106 valence electrons. The fraction of sp³-hybridized carbons (Fsp3) is 0.235. The van der Waals surface area contributed by atoms with E-state index in [9.17, 15) is 0 Å². The zero-order valence-electron chi connectivity index (χ0n) is 12.1. The molecule has 0 bridgehead atoms. The van der Waals surface area contributed by atoms with Crippen LogP contribution in [0.4, 0.5) is 0 Å². The quantitative estimate of drug-likeness (QED) is 0.885. The number of thiophene rings is 1. The van der Waals surface area contributed by atoms with Crippen molar-refractivity contribution in [3.63, 3.8) is 0 Å². The van der Waals surface area contributed by atoms with Gasteiger partial charge in [0.1, 0.15) is 12.4 Å². The number of nitrogens with zero attached hydrogens (tertiary/aromatic N) is 1. The van der Waals surface area contributed by atoms with Crippen LogP contribution in [-0.4, -0.2) is 6.54 Å². The predicted molar refractivity (Wildman–Crippen MR) is 85.2 cm³/mol. The number of rotatable bonds is 3. The predicted octanol–water partition coefficient (Wildman–Crippen LogP) is 3.13. The van der Waals surface area contributed by atoms with Crippen molar-refractivity contribution in [2.75, 3.05) is 6.54 Å². The summed E-state index contributed by atoms with van der Waals surface area (Å²) in [6, 6.07) is 7.81. The molecule has 0 radical (unpaired) electrons. The third-order valence-electron chi connectivity index (χ3n) is 3.01. The first-order chi connectivity index (χ1) is 10.2. The van der Waals surface area contributed by atoms with Gasteiger partial charge in [0.2, 0.25) is 0 Å². The molecule has 2 rings (SSSR count). The molecule has 1 aromatic heterocycles. The van der Waals surface area contributed by atoms with Crippen LogP contribution in [0, 0.1) is 37.0 Å². The number of nitriles is 1. The smallest absolute Gasteiger partial charge is 0.125 e. The first-order valence-corrected chi connectivity index (χ1v) is 7.43. The van der Waals surface area contributed by atoms with Gasteiger partial charge in [0.15, 0.2) is 0 Å². The Labute approximate surface area is 129 Å². The molecule has 3 nitrogen and oxygen atoms in total. The van der Waals surface area contributed by atoms with E-state index < -0.39 is 0 Å². The minimum absolute atomic E-state index is 0.351. The van der Waals surface area contributed by atoms with E-state index in [0.29, 0.717) is 18.7 Å². The van der Waals surface area contributed by atoms with Crippen molar-refractivity contribution in [1.29, 1.82) is 5.26 Å². The molecule has 0 unspecified atom stereocenters. The summed E-state index contributed by atoms with van der Waals surface area (Å²) < 4.78 is 5.93. The van der Waals surface area contributed by atoms with E-state index in [0.717, 1.165) is 27.3 Å². The molecule has 0 spiro atoms. The summed E-state index contributed by atoms with van der Waals surface area (Å²) in [5.74, 6) is 6.74. The highest BCUT2D eigenvalue weighted by molar-refractivity contribution is 7.10. The van der Waals surface area contributed by atoms with Crippen LogP contribution in [-0.2, 0) is 6.61 Å². The van der Waals surface area contributed by atoms with Gasteiger partial charge in [0.05, 0.1) is 23.1 Å². The van der Waals surface area contributed by atoms with E-state index in [-0.39, 0.29) is 0 Å². The van der Waals surface area contributed by atoms with Gasteiger partial charge in [0, 0.05) is 5.56 Å². The minimum Gasteiger partial charge on any atom is -0.487 e. The van der Waals surface area contributed by atoms with Crippen molar-refractivity contribution in [3.05, 3.63) is 50.7 Å². The molecule has 0 saturated carbocycles. The van der Waals surface area contributed by atoms with Gasteiger partial charge < -0.3 is 10.5 Å². The van der Waals surface area contributed by atoms with Gasteiger partial charge in [-0.1, -0.05) is 11.8 Å². The first-order valence-electron chi connectivity index (χ1n) is 6.55. The topological polar surface area (TPSA) is 59.0 Å². The summed E-state index contributed by atoms with van der Waals surface area (Å²) in [5, 5.41) is 11.0. The number of nitrogens with two attached hydrogens (primary N) is 1. The molecule has 2 N–H and O–H groups in total. The average molecular weight is 296 g/mol. The Kier molecular flexibility index (Phi) is 5.00. The summed E-state index contributed by atoms with van der Waals surface area (Å²) in [7, 11) is 0. The second kappa shape index (κ2) is 6.95. The van der Waals surface area contributed by atoms with Crippen molar-refractivity contribution in [2.24, 2.45) is 5.73 Å². The Morgan fingerprint density at radius 3 is 2.62 bits per heavy atom. The monoisotopic (exact) mass is 296 g/mol. The maximum absolute atomic E-state index is 8.96. The lowest BCUT2D eigenvalue weighted by Gasteiger charge is -2.12. The highest BCUT2D eigenvalue weighted by Gasteiger charge is 2.09. The summed E-state index contributed by atoms with van der Waals surface area (Å²) in [6.07, 6.45) is 0. The van der Waals surface area contributed by atoms with Crippen LogP contribution in [0.2, 0.25) is 0 Å². The molecule has 1 heterocycles. The number of hydrogen-bond donors (Lipinski definition) is 1. The second-order valence-electron chi connectivity index (χ2n) is 4.60. The lowest BCUT2D eigenvalue weighted by Crippen LogP contribution is -1.99. The van der Waals surface area contributed by atoms with Gasteiger partial charge in [-0.25, -0.2) is 0 Å². The molecular formula is C17H16N2OS. The normalized spacial score (nSPS) is 9.62. The van der Waals surface area contributed by atoms with E-state index >= 15 is 0 Å². The molecule has 0 saturated heterocycles. The van der Waals surface area contributed by atoms with Gasteiger partial charge >= 0.3 is 0 Å². The molecule has 2 aromatic rings. The molecule has 4 heteroatoms. The maximum atomic E-state index is 8.96. The van der Waals surface area contributed by atoms with E-state index in [1.165, 1.54) is 0 Å². The van der Waals surface area contributed by atoms with Crippen molar-refractivity contribution in [2.45, 2.75) is 20.5 Å². The van der Waals surface area contributed by atoms with Crippen LogP contribution in [0.1, 0.15) is 27.1 Å². The largest absolute Gasteiger partial charge is 0.487 e. The van der Waals surface area contributed by atoms with Crippen molar-refractivity contribution >= 4 is 11.3 Å². The van der Waals surface area contributed by atoms with Crippen LogP contribution in [0.25, 0.3) is 0 Å². The molecule has 0 aliphatic heterocycles. The third-order valence-corrected chi connectivity index (χ3v) is 3.90. The summed E-state index contributed by atoms with van der Waals surface area (Å²) in [6.45, 7) is 4.73. The van der Waals surface area contributed by atoms with Crippen LogP contribution < -0.4 is 10.5 Å². The molecular weight excluding hydrogens is 280 g/mol. The van der Waals surface area contributed by atoms with Crippen molar-refractivity contribution in [1.82, 2.24) is 0 Å². The van der Waals surface area contributed by atoms with Gasteiger partial charge in [0.25, 0.3) is 0 Å². The van der Waals surface area contributed by atoms with Crippen LogP contribution in [0.3, 0.4) is 0 Å². The van der Waals surface area contributed by atoms with Gasteiger partial charge in [-0.15, -0.1) is 11.3 Å². The SMILES string of the molecule is Cc1cc(C#N)cc(C)c1OCc1sccc1C#CCN. The Balaban J connectivity index is 2.18. The van der Waals surface area contributed by atoms with Gasteiger partial charge in [-0.05, 0) is 48.6 Å². The second-order valence-corrected chi connectivity index (χ2v) is 5.60. The highest BCUT2D eigenvalue weighted by Crippen LogP contribution is 2.27. The average Bonchev–Trinajstić information content (AvgIpc) is 2.91. The lowest BCUT2D eigenvalue weighted by atomic mass is 10.1. The van der Waals surface area contributed by atoms with Gasteiger partial charge in [-0.3, -0.25) is 0 Å². The van der Waals surface area contributed by atoms with E-state index in [1.54, 1.807) is 11.3 Å². The number of hydrogen-bond acceptors (Lipinski definition) is 4. The minimum atomic E-state index is 0.351. The molecule has 0 fully saturated rings. The van der Waals surface area contributed by atoms with Crippen LogP contribution >= 0.6 is 11.3 Å². The number of benzene rings is 1. The Hall–Kier alpha value is -2.27. The highest BCUT2D eigenvalue weighted by atomic mass is 32.1. The molecule has 1 aromatic carbocycles. The van der Waals surface area contributed by atoms with Crippen molar-refractivity contribution < 1.29 is 4.74 Å². The summed E-state index contributed by atoms with van der Waals surface area (Å²) in [5.41, 5.74) is 8.96. The van der Waals surface area contributed by atoms with Crippen LogP contribution in [0.15, 0.2) is 23.6 Å². The Morgan fingerprint density at radius 1 is 1.29 bits per heavy atom. The maximum Gasteiger partial charge on any atom is 0.125 e. The number of ether oxygens (including phenoxy) is 1.